The van der Waals surface area contributed by atoms with E-state index >= 15 is 0 Å². The highest BCUT2D eigenvalue weighted by Gasteiger charge is 2.37. The predicted octanol–water partition coefficient (Wildman–Crippen LogP) is 3.07. The average molecular weight is 293 g/mol. The lowest BCUT2D eigenvalue weighted by Crippen LogP contribution is -2.50. The van der Waals surface area contributed by atoms with Crippen molar-refractivity contribution >= 4 is 0 Å². The molecule has 1 aliphatic rings. The second-order valence-corrected chi connectivity index (χ2v) is 6.29. The third-order valence-corrected chi connectivity index (χ3v) is 5.04. The van der Waals surface area contributed by atoms with Gasteiger partial charge in [0.15, 0.2) is 0 Å². The third kappa shape index (κ3) is 3.67. The molecule has 0 bridgehead atoms. The molecule has 0 saturated heterocycles. The quantitative estimate of drug-likeness (QED) is 0.820. The van der Waals surface area contributed by atoms with Crippen LogP contribution >= 0.6 is 0 Å². The Kier molecular flexibility index (Phi) is 5.82. The van der Waals surface area contributed by atoms with Crippen molar-refractivity contribution < 1.29 is 4.74 Å². The molecule has 0 aliphatic heterocycles. The van der Waals surface area contributed by atoms with E-state index in [2.05, 4.69) is 29.7 Å². The molecule has 1 unspecified atom stereocenters. The van der Waals surface area contributed by atoms with Crippen LogP contribution in [0.5, 0.6) is 0 Å². The van der Waals surface area contributed by atoms with Crippen LogP contribution in [0.25, 0.3) is 0 Å². The molecule has 0 radical (unpaired) electrons. The van der Waals surface area contributed by atoms with E-state index in [9.17, 15) is 0 Å². The Morgan fingerprint density at radius 1 is 1.29 bits per heavy atom. The zero-order chi connectivity index (χ0) is 15.3. The first kappa shape index (κ1) is 16.5. The van der Waals surface area contributed by atoms with E-state index in [-0.39, 0.29) is 11.6 Å². The van der Waals surface area contributed by atoms with Gasteiger partial charge >= 0.3 is 0 Å². The number of rotatable bonds is 6. The normalized spacial score (nSPS) is 20.2. The Morgan fingerprint density at radius 3 is 2.48 bits per heavy atom. The molecule has 2 N–H and O–H groups in total. The highest BCUT2D eigenvalue weighted by molar-refractivity contribution is 5.13. The van der Waals surface area contributed by atoms with E-state index < -0.39 is 0 Å². The molecule has 4 nitrogen and oxygen atoms in total. The van der Waals surface area contributed by atoms with Crippen LogP contribution in [0.2, 0.25) is 0 Å². The van der Waals surface area contributed by atoms with E-state index in [1.54, 1.807) is 0 Å². The maximum atomic E-state index is 6.60. The average Bonchev–Trinajstić information content (AvgIpc) is 2.74. The number of hydrogen-bond acceptors (Lipinski definition) is 3. The van der Waals surface area contributed by atoms with Gasteiger partial charge in [0, 0.05) is 31.8 Å². The molecule has 120 valence electrons. The summed E-state index contributed by atoms with van der Waals surface area (Å²) in [6, 6.07) is 2.26. The van der Waals surface area contributed by atoms with Crippen molar-refractivity contribution in [3.8, 4) is 0 Å². The van der Waals surface area contributed by atoms with E-state index in [4.69, 9.17) is 10.5 Å². The van der Waals surface area contributed by atoms with Crippen LogP contribution < -0.4 is 5.73 Å². The lowest BCUT2D eigenvalue weighted by molar-refractivity contribution is -0.0434. The number of hydrogen-bond donors (Lipinski definition) is 1. The second kappa shape index (κ2) is 7.41. The summed E-state index contributed by atoms with van der Waals surface area (Å²) in [7, 11) is 1.83. The van der Waals surface area contributed by atoms with Gasteiger partial charge < -0.3 is 10.5 Å². The fourth-order valence-electron chi connectivity index (χ4n) is 3.59. The van der Waals surface area contributed by atoms with Crippen LogP contribution in [0, 0.1) is 0 Å². The molecule has 1 aromatic heterocycles. The Labute approximate surface area is 129 Å². The van der Waals surface area contributed by atoms with Crippen molar-refractivity contribution in [2.24, 2.45) is 5.73 Å². The van der Waals surface area contributed by atoms with Gasteiger partial charge in [-0.15, -0.1) is 0 Å². The van der Waals surface area contributed by atoms with Crippen molar-refractivity contribution in [2.75, 3.05) is 7.11 Å². The molecule has 0 aromatic carbocycles. The number of nitrogens with two attached hydrogens (primary N) is 1. The number of ether oxygens (including phenoxy) is 1. The third-order valence-electron chi connectivity index (χ3n) is 5.04. The molecule has 0 spiro atoms. The van der Waals surface area contributed by atoms with Gasteiger partial charge in [-0.3, -0.25) is 4.68 Å². The molecular weight excluding hydrogens is 262 g/mol. The fourth-order valence-corrected chi connectivity index (χ4v) is 3.59. The number of aromatic nitrogens is 2. The molecule has 1 atom stereocenters. The zero-order valence-electron chi connectivity index (χ0n) is 13.9. The highest BCUT2D eigenvalue weighted by Crippen LogP contribution is 2.33. The van der Waals surface area contributed by atoms with Gasteiger partial charge in [-0.05, 0) is 32.3 Å². The van der Waals surface area contributed by atoms with E-state index in [1.165, 1.54) is 31.4 Å². The van der Waals surface area contributed by atoms with Crippen LogP contribution in [-0.4, -0.2) is 28.5 Å². The summed E-state index contributed by atoms with van der Waals surface area (Å²) in [5.74, 6) is 0. The summed E-state index contributed by atoms with van der Waals surface area (Å²) in [6.45, 7) is 5.19. The second-order valence-electron chi connectivity index (χ2n) is 6.29. The minimum Gasteiger partial charge on any atom is -0.377 e. The number of nitrogens with zero attached hydrogens (tertiary/aromatic N) is 2. The number of aryl methyl sites for hydroxylation is 2. The Morgan fingerprint density at radius 2 is 1.95 bits per heavy atom. The lowest BCUT2D eigenvalue weighted by Gasteiger charge is -2.37. The van der Waals surface area contributed by atoms with Gasteiger partial charge in [-0.2, -0.15) is 5.10 Å². The predicted molar refractivity (Wildman–Crippen MR) is 86.4 cm³/mol. The largest absolute Gasteiger partial charge is 0.377 e. The van der Waals surface area contributed by atoms with Crippen LogP contribution in [0.4, 0.5) is 0 Å². The van der Waals surface area contributed by atoms with Crippen LogP contribution in [-0.2, 0) is 24.1 Å². The molecule has 1 saturated carbocycles. The smallest absolute Gasteiger partial charge is 0.0832 e. The van der Waals surface area contributed by atoms with Crippen molar-refractivity contribution in [1.29, 1.82) is 0 Å². The summed E-state index contributed by atoms with van der Waals surface area (Å²) in [5, 5.41) is 4.63. The Balaban J connectivity index is 2.14. The van der Waals surface area contributed by atoms with Crippen LogP contribution in [0.15, 0.2) is 6.07 Å². The first-order valence-corrected chi connectivity index (χ1v) is 8.51. The van der Waals surface area contributed by atoms with Gasteiger partial charge in [0.25, 0.3) is 0 Å². The molecular formula is C17H31N3O. The first-order valence-electron chi connectivity index (χ1n) is 8.51. The van der Waals surface area contributed by atoms with Gasteiger partial charge in [0.2, 0.25) is 0 Å². The Hall–Kier alpha value is -0.870. The maximum Gasteiger partial charge on any atom is 0.0832 e. The first-order chi connectivity index (χ1) is 10.1. The van der Waals surface area contributed by atoms with E-state index in [0.29, 0.717) is 0 Å². The van der Waals surface area contributed by atoms with E-state index in [1.807, 2.05) is 7.11 Å². The molecule has 2 rings (SSSR count). The zero-order valence-corrected chi connectivity index (χ0v) is 13.9. The standard InChI is InChI=1S/C17H31N3O/c1-4-14-12-15(20(5-2)19-14)13-16(18)17(21-3)10-8-6-7-9-11-17/h12,16H,4-11,13,18H2,1-3H3. The van der Waals surface area contributed by atoms with Gasteiger partial charge in [0.05, 0.1) is 11.3 Å². The van der Waals surface area contributed by atoms with Crippen molar-refractivity contribution in [3.05, 3.63) is 17.5 Å². The van der Waals surface area contributed by atoms with E-state index in [0.717, 1.165) is 37.9 Å². The molecule has 0 amide bonds. The summed E-state index contributed by atoms with van der Waals surface area (Å²) >= 11 is 0. The minimum atomic E-state index is -0.147. The summed E-state index contributed by atoms with van der Waals surface area (Å²) in [4.78, 5) is 0. The minimum absolute atomic E-state index is 0.0484. The summed E-state index contributed by atoms with van der Waals surface area (Å²) < 4.78 is 8.04. The van der Waals surface area contributed by atoms with Crippen molar-refractivity contribution in [1.82, 2.24) is 9.78 Å². The monoisotopic (exact) mass is 293 g/mol. The maximum absolute atomic E-state index is 6.60. The van der Waals surface area contributed by atoms with Gasteiger partial charge in [0.1, 0.15) is 0 Å². The molecule has 1 heterocycles. The molecule has 1 aliphatic carbocycles. The van der Waals surface area contributed by atoms with Gasteiger partial charge in [-0.1, -0.05) is 32.6 Å². The molecule has 1 aromatic rings. The van der Waals surface area contributed by atoms with Crippen molar-refractivity contribution in [2.45, 2.75) is 83.4 Å². The van der Waals surface area contributed by atoms with Crippen LogP contribution in [0.1, 0.15) is 63.8 Å². The van der Waals surface area contributed by atoms with Crippen molar-refractivity contribution in [3.63, 3.8) is 0 Å². The fraction of sp³-hybridized carbons (Fsp3) is 0.824. The number of methoxy groups -OCH3 is 1. The summed E-state index contributed by atoms with van der Waals surface area (Å²) in [6.07, 6.45) is 9.09. The molecule has 1 fully saturated rings. The highest BCUT2D eigenvalue weighted by atomic mass is 16.5. The summed E-state index contributed by atoms with van der Waals surface area (Å²) in [5.41, 5.74) is 8.87. The molecule has 4 heteroatoms. The topological polar surface area (TPSA) is 53.1 Å². The van der Waals surface area contributed by atoms with Gasteiger partial charge in [-0.25, -0.2) is 0 Å². The Bertz CT molecular complexity index is 433. The lowest BCUT2D eigenvalue weighted by atomic mass is 9.84. The molecule has 21 heavy (non-hydrogen) atoms. The SMILES string of the molecule is CCc1cc(CC(N)C2(OC)CCCCCC2)n(CC)n1. The van der Waals surface area contributed by atoms with Crippen LogP contribution in [0.3, 0.4) is 0 Å².